The molecule has 1 aliphatic heterocycles. The first-order valence-electron chi connectivity index (χ1n) is 8.11. The van der Waals surface area contributed by atoms with E-state index in [1.165, 1.54) is 29.3 Å². The molecule has 0 saturated carbocycles. The van der Waals surface area contributed by atoms with E-state index in [1.807, 2.05) is 6.07 Å². The van der Waals surface area contributed by atoms with Crippen LogP contribution in [0.15, 0.2) is 42.6 Å². The first-order chi connectivity index (χ1) is 12.8. The van der Waals surface area contributed by atoms with Crippen LogP contribution in [0.3, 0.4) is 0 Å². The number of hydrogen-bond donors (Lipinski definition) is 1. The smallest absolute Gasteiger partial charge is 0.416 e. The van der Waals surface area contributed by atoms with Gasteiger partial charge in [0.1, 0.15) is 6.10 Å². The SMILES string of the molecule is N#Cc1ccnc(OC2CCN(C(=O)Nc3cccc(C(F)(F)F)c3)C2)c1. The van der Waals surface area contributed by atoms with E-state index in [0.29, 0.717) is 24.4 Å². The molecule has 1 unspecified atom stereocenters. The highest BCUT2D eigenvalue weighted by molar-refractivity contribution is 5.89. The maximum Gasteiger partial charge on any atom is 0.416 e. The maximum atomic E-state index is 12.8. The third-order valence-electron chi connectivity index (χ3n) is 4.02. The van der Waals surface area contributed by atoms with Crippen molar-refractivity contribution < 1.29 is 22.7 Å². The summed E-state index contributed by atoms with van der Waals surface area (Å²) < 4.78 is 43.9. The number of nitrogens with one attached hydrogen (secondary N) is 1. The van der Waals surface area contributed by atoms with Gasteiger partial charge in [-0.3, -0.25) is 0 Å². The summed E-state index contributed by atoms with van der Waals surface area (Å²) in [6.45, 7) is 0.663. The van der Waals surface area contributed by atoms with Crippen molar-refractivity contribution in [3.8, 4) is 11.9 Å². The topological polar surface area (TPSA) is 78.2 Å². The maximum absolute atomic E-state index is 12.8. The number of aromatic nitrogens is 1. The Hall–Kier alpha value is -3.28. The molecule has 6 nitrogen and oxygen atoms in total. The third-order valence-corrected chi connectivity index (χ3v) is 4.02. The minimum atomic E-state index is -4.47. The van der Waals surface area contributed by atoms with Gasteiger partial charge in [0.2, 0.25) is 5.88 Å². The van der Waals surface area contributed by atoms with E-state index in [9.17, 15) is 18.0 Å². The van der Waals surface area contributed by atoms with Crippen molar-refractivity contribution in [1.82, 2.24) is 9.88 Å². The molecule has 0 bridgehead atoms. The summed E-state index contributed by atoms with van der Waals surface area (Å²) in [4.78, 5) is 17.8. The molecule has 9 heteroatoms. The van der Waals surface area contributed by atoms with Gasteiger partial charge < -0.3 is 15.0 Å². The number of nitrogens with zero attached hydrogens (tertiary/aromatic N) is 3. The molecule has 2 heterocycles. The van der Waals surface area contributed by atoms with Crippen molar-refractivity contribution in [2.24, 2.45) is 0 Å². The second-order valence-corrected chi connectivity index (χ2v) is 5.98. The zero-order chi connectivity index (χ0) is 19.4. The van der Waals surface area contributed by atoms with Crippen molar-refractivity contribution in [2.45, 2.75) is 18.7 Å². The molecule has 0 spiro atoms. The van der Waals surface area contributed by atoms with Gasteiger partial charge in [0.15, 0.2) is 0 Å². The molecule has 3 rings (SSSR count). The van der Waals surface area contributed by atoms with E-state index in [0.717, 1.165) is 12.1 Å². The number of halogens is 3. The number of rotatable bonds is 3. The van der Waals surface area contributed by atoms with Gasteiger partial charge in [-0.1, -0.05) is 6.07 Å². The van der Waals surface area contributed by atoms with Crippen molar-refractivity contribution in [2.75, 3.05) is 18.4 Å². The number of carbonyl (C=O) groups is 1. The van der Waals surface area contributed by atoms with E-state index < -0.39 is 17.8 Å². The van der Waals surface area contributed by atoms with Crippen LogP contribution in [0.2, 0.25) is 0 Å². The van der Waals surface area contributed by atoms with Gasteiger partial charge in [-0.2, -0.15) is 18.4 Å². The van der Waals surface area contributed by atoms with Crippen molar-refractivity contribution in [3.05, 3.63) is 53.7 Å². The molecule has 1 aromatic heterocycles. The second kappa shape index (κ2) is 7.53. The monoisotopic (exact) mass is 376 g/mol. The number of benzene rings is 1. The van der Waals surface area contributed by atoms with Gasteiger partial charge in [-0.05, 0) is 24.3 Å². The Balaban J connectivity index is 1.58. The quantitative estimate of drug-likeness (QED) is 0.887. The van der Waals surface area contributed by atoms with Crippen molar-refractivity contribution in [3.63, 3.8) is 0 Å². The summed E-state index contributed by atoms with van der Waals surface area (Å²) in [6.07, 6.45) is -2.77. The molecule has 140 valence electrons. The van der Waals surface area contributed by atoms with E-state index >= 15 is 0 Å². The highest BCUT2D eigenvalue weighted by Crippen LogP contribution is 2.30. The molecule has 2 aromatic rings. The van der Waals surface area contributed by atoms with Gasteiger partial charge in [0.25, 0.3) is 0 Å². The Morgan fingerprint density at radius 2 is 2.15 bits per heavy atom. The lowest BCUT2D eigenvalue weighted by Crippen LogP contribution is -2.34. The Morgan fingerprint density at radius 1 is 1.33 bits per heavy atom. The number of ether oxygens (including phenoxy) is 1. The average molecular weight is 376 g/mol. The number of urea groups is 1. The number of carbonyl (C=O) groups excluding carboxylic acids is 1. The van der Waals surface area contributed by atoms with Gasteiger partial charge >= 0.3 is 12.2 Å². The zero-order valence-corrected chi connectivity index (χ0v) is 14.0. The molecule has 1 atom stereocenters. The van der Waals surface area contributed by atoms with Crippen LogP contribution in [-0.2, 0) is 6.18 Å². The fraction of sp³-hybridized carbons (Fsp3) is 0.278. The lowest BCUT2D eigenvalue weighted by Gasteiger charge is -2.18. The number of hydrogen-bond acceptors (Lipinski definition) is 4. The van der Waals surface area contributed by atoms with Gasteiger partial charge in [0, 0.05) is 30.9 Å². The first-order valence-corrected chi connectivity index (χ1v) is 8.11. The largest absolute Gasteiger partial charge is 0.472 e. The third kappa shape index (κ3) is 4.67. The minimum absolute atomic E-state index is 0.0718. The Bertz CT molecular complexity index is 879. The van der Waals surface area contributed by atoms with Gasteiger partial charge in [-0.15, -0.1) is 0 Å². The Morgan fingerprint density at radius 3 is 2.89 bits per heavy atom. The summed E-state index contributed by atoms with van der Waals surface area (Å²) in [5.74, 6) is 0.291. The number of anilines is 1. The van der Waals surface area contributed by atoms with Gasteiger partial charge in [-0.25, -0.2) is 9.78 Å². The minimum Gasteiger partial charge on any atom is -0.472 e. The molecule has 1 fully saturated rings. The van der Waals surface area contributed by atoms with E-state index in [2.05, 4.69) is 10.3 Å². The molecular weight excluding hydrogens is 361 g/mol. The average Bonchev–Trinajstić information content (AvgIpc) is 3.10. The molecular formula is C18H15F3N4O2. The number of nitriles is 1. The number of likely N-dealkylation sites (tertiary alicyclic amines) is 1. The zero-order valence-electron chi connectivity index (χ0n) is 14.0. The molecule has 2 amide bonds. The molecule has 1 saturated heterocycles. The molecule has 27 heavy (non-hydrogen) atoms. The highest BCUT2D eigenvalue weighted by Gasteiger charge is 2.31. The molecule has 1 N–H and O–H groups in total. The van der Waals surface area contributed by atoms with Crippen LogP contribution in [-0.4, -0.2) is 35.1 Å². The molecule has 0 aliphatic carbocycles. The van der Waals surface area contributed by atoms with Crippen LogP contribution in [0.25, 0.3) is 0 Å². The molecule has 1 aliphatic rings. The van der Waals surface area contributed by atoms with E-state index in [4.69, 9.17) is 10.00 Å². The lowest BCUT2D eigenvalue weighted by molar-refractivity contribution is -0.137. The van der Waals surface area contributed by atoms with E-state index in [-0.39, 0.29) is 18.3 Å². The van der Waals surface area contributed by atoms with Crippen LogP contribution < -0.4 is 10.1 Å². The normalized spacial score (nSPS) is 16.7. The summed E-state index contributed by atoms with van der Waals surface area (Å²) in [5, 5.41) is 11.4. The summed E-state index contributed by atoms with van der Waals surface area (Å²) in [5.41, 5.74) is -0.342. The van der Waals surface area contributed by atoms with Crippen LogP contribution >= 0.6 is 0 Å². The fourth-order valence-corrected chi connectivity index (χ4v) is 2.70. The number of amides is 2. The second-order valence-electron chi connectivity index (χ2n) is 5.98. The summed E-state index contributed by atoms with van der Waals surface area (Å²) in [6, 6.07) is 9.01. The molecule has 0 radical (unpaired) electrons. The van der Waals surface area contributed by atoms with Gasteiger partial charge in [0.05, 0.1) is 23.7 Å². The number of pyridine rings is 1. The summed E-state index contributed by atoms with van der Waals surface area (Å²) >= 11 is 0. The van der Waals surface area contributed by atoms with Crippen LogP contribution in [0.5, 0.6) is 5.88 Å². The van der Waals surface area contributed by atoms with E-state index in [1.54, 1.807) is 6.07 Å². The molecule has 1 aromatic carbocycles. The number of alkyl halides is 3. The Kier molecular flexibility index (Phi) is 5.16. The van der Waals surface area contributed by atoms with Crippen LogP contribution in [0.1, 0.15) is 17.5 Å². The van der Waals surface area contributed by atoms with Crippen molar-refractivity contribution >= 4 is 11.7 Å². The first kappa shape index (κ1) is 18.5. The predicted octanol–water partition coefficient (Wildman–Crippen LogP) is 3.66. The predicted molar refractivity (Wildman–Crippen MR) is 90.0 cm³/mol. The Labute approximate surface area is 153 Å². The fourth-order valence-electron chi connectivity index (χ4n) is 2.70. The van der Waals surface area contributed by atoms with Crippen molar-refractivity contribution in [1.29, 1.82) is 5.26 Å². The van der Waals surface area contributed by atoms with Crippen LogP contribution in [0.4, 0.5) is 23.7 Å². The standard InChI is InChI=1S/C18H15F3N4O2/c19-18(20,21)13-2-1-3-14(9-13)24-17(26)25-7-5-15(11-25)27-16-8-12(10-22)4-6-23-16/h1-4,6,8-9,15H,5,7,11H2,(H,24,26). The summed E-state index contributed by atoms with van der Waals surface area (Å²) in [7, 11) is 0. The highest BCUT2D eigenvalue weighted by atomic mass is 19.4. The lowest BCUT2D eigenvalue weighted by atomic mass is 10.2. The van der Waals surface area contributed by atoms with Crippen LogP contribution in [0, 0.1) is 11.3 Å².